The minimum absolute atomic E-state index is 0.00261. The topological polar surface area (TPSA) is 112 Å². The third kappa shape index (κ3) is 7.05. The molecule has 1 fully saturated rings. The molecule has 37 heavy (non-hydrogen) atoms. The number of likely N-dealkylation sites (tertiary alicyclic amines) is 1. The quantitative estimate of drug-likeness (QED) is 0.661. The van der Waals surface area contributed by atoms with Crippen molar-refractivity contribution in [1.29, 1.82) is 0 Å². The number of aryl methyl sites for hydroxylation is 1. The number of nitrogens with zero attached hydrogens (tertiary/aromatic N) is 4. The van der Waals surface area contributed by atoms with Crippen molar-refractivity contribution in [2.24, 2.45) is 5.16 Å². The Morgan fingerprint density at radius 1 is 1.16 bits per heavy atom. The molecule has 0 aliphatic carbocycles. The highest BCUT2D eigenvalue weighted by Gasteiger charge is 2.46. The van der Waals surface area contributed by atoms with Gasteiger partial charge in [-0.05, 0) is 43.5 Å². The Hall–Kier alpha value is -3.96. The van der Waals surface area contributed by atoms with Gasteiger partial charge in [0.1, 0.15) is 5.71 Å². The SMILES string of the molecule is Cc1ccccc1C(=O)N1CCCC2(CC(C(=O)N(C)Cc3ccccn3)=NO2)C1.O=C(O)C(F)(F)F. The van der Waals surface area contributed by atoms with E-state index in [0.717, 1.165) is 24.1 Å². The van der Waals surface area contributed by atoms with Crippen LogP contribution in [-0.2, 0) is 21.0 Å². The molecule has 2 aromatic rings. The van der Waals surface area contributed by atoms with E-state index in [0.29, 0.717) is 37.3 Å². The minimum Gasteiger partial charge on any atom is -0.475 e. The molecule has 0 saturated carbocycles. The van der Waals surface area contributed by atoms with Gasteiger partial charge in [0.15, 0.2) is 5.60 Å². The fourth-order valence-electron chi connectivity index (χ4n) is 4.14. The minimum atomic E-state index is -5.08. The van der Waals surface area contributed by atoms with Gasteiger partial charge in [-0.25, -0.2) is 4.79 Å². The van der Waals surface area contributed by atoms with Gasteiger partial charge in [-0.3, -0.25) is 14.6 Å². The molecule has 0 radical (unpaired) electrons. The molecule has 1 aromatic carbocycles. The number of aromatic nitrogens is 1. The number of rotatable bonds is 4. The number of hydrogen-bond acceptors (Lipinski definition) is 6. The number of piperidine rings is 1. The first kappa shape index (κ1) is 27.6. The van der Waals surface area contributed by atoms with Crippen molar-refractivity contribution in [2.75, 3.05) is 20.1 Å². The van der Waals surface area contributed by atoms with Crippen LogP contribution in [0.5, 0.6) is 0 Å². The van der Waals surface area contributed by atoms with Crippen molar-refractivity contribution >= 4 is 23.5 Å². The van der Waals surface area contributed by atoms with Crippen LogP contribution in [0.25, 0.3) is 0 Å². The lowest BCUT2D eigenvalue weighted by molar-refractivity contribution is -0.192. The summed E-state index contributed by atoms with van der Waals surface area (Å²) in [6.45, 7) is 3.46. The average Bonchev–Trinajstić information content (AvgIpc) is 3.26. The van der Waals surface area contributed by atoms with Crippen LogP contribution in [-0.4, -0.2) is 75.3 Å². The maximum Gasteiger partial charge on any atom is 0.490 e. The lowest BCUT2D eigenvalue weighted by Crippen LogP contribution is -2.51. The highest BCUT2D eigenvalue weighted by molar-refractivity contribution is 6.39. The number of hydrogen-bond donors (Lipinski definition) is 1. The highest BCUT2D eigenvalue weighted by Crippen LogP contribution is 2.34. The number of carboxylic acid groups (broad SMARTS) is 1. The van der Waals surface area contributed by atoms with Crippen molar-refractivity contribution in [3.8, 4) is 0 Å². The van der Waals surface area contributed by atoms with Gasteiger partial charge in [-0.2, -0.15) is 13.2 Å². The van der Waals surface area contributed by atoms with Crippen molar-refractivity contribution in [3.05, 3.63) is 65.5 Å². The molecule has 1 spiro atoms. The number of amides is 2. The molecule has 4 rings (SSSR count). The van der Waals surface area contributed by atoms with E-state index in [9.17, 15) is 22.8 Å². The van der Waals surface area contributed by atoms with Crippen LogP contribution in [0, 0.1) is 6.92 Å². The van der Waals surface area contributed by atoms with Gasteiger partial charge in [0.05, 0.1) is 18.8 Å². The number of carboxylic acids is 1. The van der Waals surface area contributed by atoms with Crippen LogP contribution in [0.15, 0.2) is 53.8 Å². The number of halogens is 3. The molecule has 12 heteroatoms. The van der Waals surface area contributed by atoms with Crippen LogP contribution < -0.4 is 0 Å². The summed E-state index contributed by atoms with van der Waals surface area (Å²) in [6.07, 6.45) is -1.37. The number of pyridine rings is 1. The Labute approximate surface area is 211 Å². The maximum absolute atomic E-state index is 13.0. The molecular formula is C25H27F3N4O5. The Morgan fingerprint density at radius 3 is 2.46 bits per heavy atom. The van der Waals surface area contributed by atoms with E-state index in [1.165, 1.54) is 0 Å². The number of benzene rings is 1. The number of carbonyl (C=O) groups is 3. The first-order valence-electron chi connectivity index (χ1n) is 11.5. The summed E-state index contributed by atoms with van der Waals surface area (Å²) < 4.78 is 31.7. The second kappa shape index (κ2) is 11.4. The molecule has 2 aliphatic heterocycles. The fourth-order valence-corrected chi connectivity index (χ4v) is 4.14. The van der Waals surface area contributed by atoms with Crippen molar-refractivity contribution in [1.82, 2.24) is 14.8 Å². The zero-order valence-electron chi connectivity index (χ0n) is 20.4. The van der Waals surface area contributed by atoms with E-state index >= 15 is 0 Å². The largest absolute Gasteiger partial charge is 0.490 e. The van der Waals surface area contributed by atoms with Gasteiger partial charge >= 0.3 is 12.1 Å². The highest BCUT2D eigenvalue weighted by atomic mass is 19.4. The Balaban J connectivity index is 0.000000479. The molecule has 9 nitrogen and oxygen atoms in total. The van der Waals surface area contributed by atoms with Crippen LogP contribution >= 0.6 is 0 Å². The summed E-state index contributed by atoms with van der Waals surface area (Å²) in [4.78, 5) is 48.3. The lowest BCUT2D eigenvalue weighted by atomic mass is 9.87. The standard InChI is InChI=1S/C23H26N4O3.C2HF3O2/c1-17-8-3-4-10-19(17)21(28)27-13-7-11-23(16-27)14-20(25-30-23)22(29)26(2)15-18-9-5-6-12-24-18;3-2(4,5)1(6)7/h3-6,8-10,12H,7,11,13-16H2,1-2H3;(H,6,7). The molecule has 198 valence electrons. The molecule has 2 aliphatic rings. The summed E-state index contributed by atoms with van der Waals surface area (Å²) in [7, 11) is 1.74. The zero-order valence-corrected chi connectivity index (χ0v) is 20.4. The summed E-state index contributed by atoms with van der Waals surface area (Å²) in [6, 6.07) is 13.2. The van der Waals surface area contributed by atoms with E-state index in [1.54, 1.807) is 18.1 Å². The van der Waals surface area contributed by atoms with Crippen LogP contribution in [0.4, 0.5) is 13.2 Å². The van der Waals surface area contributed by atoms with Crippen LogP contribution in [0.2, 0.25) is 0 Å². The smallest absolute Gasteiger partial charge is 0.475 e. The first-order valence-corrected chi connectivity index (χ1v) is 11.5. The van der Waals surface area contributed by atoms with Crippen molar-refractivity contribution < 1.29 is 37.5 Å². The van der Waals surface area contributed by atoms with Gasteiger partial charge in [-0.15, -0.1) is 0 Å². The van der Waals surface area contributed by atoms with Crippen LogP contribution in [0.1, 0.15) is 40.9 Å². The normalized spacial score (nSPS) is 18.8. The summed E-state index contributed by atoms with van der Waals surface area (Å²) in [5.41, 5.74) is 2.26. The summed E-state index contributed by atoms with van der Waals surface area (Å²) in [5, 5.41) is 11.3. The molecule has 1 aromatic heterocycles. The van der Waals surface area contributed by atoms with Crippen molar-refractivity contribution in [3.63, 3.8) is 0 Å². The maximum atomic E-state index is 13.0. The van der Waals surface area contributed by atoms with E-state index in [4.69, 9.17) is 14.7 Å². The Kier molecular flexibility index (Phi) is 8.51. The lowest BCUT2D eigenvalue weighted by Gasteiger charge is -2.38. The molecular weight excluding hydrogens is 493 g/mol. The third-order valence-electron chi connectivity index (χ3n) is 6.00. The summed E-state index contributed by atoms with van der Waals surface area (Å²) in [5.74, 6) is -2.92. The monoisotopic (exact) mass is 520 g/mol. The van der Waals surface area contributed by atoms with Crippen LogP contribution in [0.3, 0.4) is 0 Å². The molecule has 1 unspecified atom stereocenters. The molecule has 1 saturated heterocycles. The van der Waals surface area contributed by atoms with Gasteiger partial charge in [0.2, 0.25) is 0 Å². The van der Waals surface area contributed by atoms with Gasteiger partial charge < -0.3 is 19.7 Å². The Morgan fingerprint density at radius 2 is 1.84 bits per heavy atom. The summed E-state index contributed by atoms with van der Waals surface area (Å²) >= 11 is 0. The van der Waals surface area contributed by atoms with Gasteiger partial charge in [0.25, 0.3) is 11.8 Å². The molecule has 2 amide bonds. The van der Waals surface area contributed by atoms with E-state index < -0.39 is 17.7 Å². The zero-order chi connectivity index (χ0) is 27.2. The van der Waals surface area contributed by atoms with Crippen molar-refractivity contribution in [2.45, 2.75) is 44.5 Å². The number of oxime groups is 1. The number of aliphatic carboxylic acids is 1. The number of alkyl halides is 3. The third-order valence-corrected chi connectivity index (χ3v) is 6.00. The second-order valence-corrected chi connectivity index (χ2v) is 8.92. The van der Waals surface area contributed by atoms with E-state index in [-0.39, 0.29) is 11.8 Å². The van der Waals surface area contributed by atoms with Gasteiger partial charge in [-0.1, -0.05) is 29.4 Å². The predicted molar refractivity (Wildman–Crippen MR) is 127 cm³/mol. The second-order valence-electron chi connectivity index (χ2n) is 8.92. The van der Waals surface area contributed by atoms with E-state index in [2.05, 4.69) is 10.1 Å². The average molecular weight is 521 g/mol. The first-order chi connectivity index (χ1) is 17.4. The van der Waals surface area contributed by atoms with E-state index in [1.807, 2.05) is 54.3 Å². The predicted octanol–water partition coefficient (Wildman–Crippen LogP) is 3.43. The number of carbonyl (C=O) groups excluding carboxylic acids is 2. The Bertz CT molecular complexity index is 1170. The molecule has 1 atom stereocenters. The molecule has 1 N–H and O–H groups in total. The fraction of sp³-hybridized carbons (Fsp3) is 0.400. The molecule has 0 bridgehead atoms. The molecule has 3 heterocycles. The van der Waals surface area contributed by atoms with Gasteiger partial charge in [0, 0.05) is 31.8 Å².